The van der Waals surface area contributed by atoms with Gasteiger partial charge in [0, 0.05) is 5.56 Å². The number of benzene rings is 2. The van der Waals surface area contributed by atoms with Crippen molar-refractivity contribution in [2.45, 2.75) is 37.3 Å². The number of carbonyl (C=O) groups is 1. The first-order valence-electron chi connectivity index (χ1n) is 10.1. The molecule has 152 valence electrons. The summed E-state index contributed by atoms with van der Waals surface area (Å²) in [6.07, 6.45) is 4.21. The smallest absolute Gasteiger partial charge is 0.310 e. The summed E-state index contributed by atoms with van der Waals surface area (Å²) in [5, 5.41) is 13.0. The van der Waals surface area contributed by atoms with E-state index in [2.05, 4.69) is 35.7 Å². The number of hydrogen-bond acceptors (Lipinski definition) is 4. The van der Waals surface area contributed by atoms with Gasteiger partial charge in [-0.25, -0.2) is 0 Å². The number of methoxy groups -OCH3 is 1. The molecule has 2 aromatic rings. The predicted octanol–water partition coefficient (Wildman–Crippen LogP) is 4.16. The van der Waals surface area contributed by atoms with Gasteiger partial charge in [0.25, 0.3) is 0 Å². The van der Waals surface area contributed by atoms with Crippen LogP contribution in [0.5, 0.6) is 5.75 Å². The molecule has 0 aromatic heterocycles. The Labute approximate surface area is 171 Å². The molecule has 1 spiro atoms. The van der Waals surface area contributed by atoms with Crippen LogP contribution >= 0.6 is 0 Å². The van der Waals surface area contributed by atoms with E-state index in [0.717, 1.165) is 41.8 Å². The second-order valence-corrected chi connectivity index (χ2v) is 7.83. The zero-order valence-electron chi connectivity index (χ0n) is 16.9. The lowest BCUT2D eigenvalue weighted by atomic mass is 9.81. The monoisotopic (exact) mass is 393 g/mol. The number of hydrogen-bond donors (Lipinski definition) is 2. The van der Waals surface area contributed by atoms with Gasteiger partial charge in [-0.3, -0.25) is 4.79 Å². The van der Waals surface area contributed by atoms with Crippen molar-refractivity contribution < 1.29 is 19.4 Å². The number of rotatable bonds is 5. The van der Waals surface area contributed by atoms with Gasteiger partial charge in [-0.2, -0.15) is 0 Å². The van der Waals surface area contributed by atoms with Gasteiger partial charge in [-0.05, 0) is 61.2 Å². The van der Waals surface area contributed by atoms with Crippen molar-refractivity contribution in [2.24, 2.45) is 0 Å². The van der Waals surface area contributed by atoms with Gasteiger partial charge in [-0.15, -0.1) is 0 Å². The minimum atomic E-state index is -0.838. The lowest BCUT2D eigenvalue weighted by Crippen LogP contribution is -2.47. The summed E-state index contributed by atoms with van der Waals surface area (Å²) in [7, 11) is 1.64. The number of aliphatic carboxylic acids is 1. The van der Waals surface area contributed by atoms with Crippen LogP contribution in [0.25, 0.3) is 5.57 Å². The summed E-state index contributed by atoms with van der Waals surface area (Å²) in [6, 6.07) is 16.1. The topological polar surface area (TPSA) is 67.8 Å². The summed E-state index contributed by atoms with van der Waals surface area (Å²) in [5.41, 5.74) is 3.52. The number of carboxylic acid groups (broad SMARTS) is 1. The van der Waals surface area contributed by atoms with E-state index >= 15 is 0 Å². The third kappa shape index (κ3) is 3.68. The van der Waals surface area contributed by atoms with Crippen molar-refractivity contribution in [3.05, 3.63) is 71.3 Å². The average molecular weight is 393 g/mol. The molecule has 2 aliphatic heterocycles. The molecule has 2 aromatic carbocycles. The summed E-state index contributed by atoms with van der Waals surface area (Å²) >= 11 is 0. The Balaban J connectivity index is 1.74. The number of piperidine rings is 1. The van der Waals surface area contributed by atoms with Gasteiger partial charge in [0.1, 0.15) is 11.4 Å². The molecule has 2 N–H and O–H groups in total. The molecule has 2 heterocycles. The zero-order chi connectivity index (χ0) is 20.4. The van der Waals surface area contributed by atoms with Gasteiger partial charge in [0.15, 0.2) is 0 Å². The highest BCUT2D eigenvalue weighted by Gasteiger charge is 2.44. The van der Waals surface area contributed by atoms with E-state index < -0.39 is 17.5 Å². The summed E-state index contributed by atoms with van der Waals surface area (Å²) < 4.78 is 12.0. The molecule has 1 saturated heterocycles. The molecular weight excluding hydrogens is 366 g/mol. The normalized spacial score (nSPS) is 24.9. The molecule has 0 amide bonds. The molecule has 0 bridgehead atoms. The molecule has 0 aliphatic carbocycles. The Morgan fingerprint density at radius 3 is 2.79 bits per heavy atom. The van der Waals surface area contributed by atoms with E-state index in [1.165, 1.54) is 5.56 Å². The largest absolute Gasteiger partial charge is 0.496 e. The Bertz CT molecular complexity index is 924. The van der Waals surface area contributed by atoms with Crippen molar-refractivity contribution in [3.8, 4) is 5.75 Å². The minimum absolute atomic E-state index is 0.0853. The molecule has 0 saturated carbocycles. The van der Waals surface area contributed by atoms with E-state index in [4.69, 9.17) is 9.47 Å². The lowest BCUT2D eigenvalue weighted by Gasteiger charge is -2.40. The molecule has 3 unspecified atom stereocenters. The second kappa shape index (κ2) is 8.01. The van der Waals surface area contributed by atoms with E-state index in [1.807, 2.05) is 24.3 Å². The maximum atomic E-state index is 11.5. The zero-order valence-corrected chi connectivity index (χ0v) is 16.9. The summed E-state index contributed by atoms with van der Waals surface area (Å²) in [6.45, 7) is 3.14. The molecule has 29 heavy (non-hydrogen) atoms. The Hall–Kier alpha value is -2.63. The van der Waals surface area contributed by atoms with Crippen LogP contribution in [0.2, 0.25) is 0 Å². The molecule has 1 fully saturated rings. The van der Waals surface area contributed by atoms with E-state index in [9.17, 15) is 9.90 Å². The van der Waals surface area contributed by atoms with Crippen molar-refractivity contribution in [2.75, 3.05) is 20.3 Å². The maximum Gasteiger partial charge on any atom is 0.310 e. The van der Waals surface area contributed by atoms with Crippen molar-refractivity contribution in [3.63, 3.8) is 0 Å². The van der Waals surface area contributed by atoms with Crippen LogP contribution in [0, 0.1) is 0 Å². The van der Waals surface area contributed by atoms with Crippen LogP contribution in [0.3, 0.4) is 0 Å². The Morgan fingerprint density at radius 1 is 1.28 bits per heavy atom. The standard InChI is InChI=1S/C24H27NO4/c1-16(23(26)27)18-9-10-21(28-2)20(13-18)19-14-24(29-15-19)11-6-12-25-22(24)17-7-4-3-5-8-17/h3-5,7-10,13-14,16,22,25H,6,11-12,15H2,1-2H3,(H,26,27). The van der Waals surface area contributed by atoms with Crippen molar-refractivity contribution in [1.29, 1.82) is 0 Å². The quantitative estimate of drug-likeness (QED) is 0.798. The first-order chi connectivity index (χ1) is 14.0. The van der Waals surface area contributed by atoms with E-state index in [-0.39, 0.29) is 6.04 Å². The van der Waals surface area contributed by atoms with Gasteiger partial charge < -0.3 is 19.9 Å². The van der Waals surface area contributed by atoms with Gasteiger partial charge >= 0.3 is 5.97 Å². The van der Waals surface area contributed by atoms with Crippen LogP contribution < -0.4 is 10.1 Å². The van der Waals surface area contributed by atoms with E-state index in [1.54, 1.807) is 14.0 Å². The highest BCUT2D eigenvalue weighted by atomic mass is 16.5. The number of ether oxygens (including phenoxy) is 2. The summed E-state index contributed by atoms with van der Waals surface area (Å²) in [4.78, 5) is 11.5. The Kier molecular flexibility index (Phi) is 5.43. The number of nitrogens with one attached hydrogen (secondary N) is 1. The van der Waals surface area contributed by atoms with Crippen molar-refractivity contribution >= 4 is 11.5 Å². The van der Waals surface area contributed by atoms with Gasteiger partial charge in [0.05, 0.1) is 25.7 Å². The Morgan fingerprint density at radius 2 is 2.07 bits per heavy atom. The summed E-state index contributed by atoms with van der Waals surface area (Å²) in [5.74, 6) is -0.682. The number of carboxylic acids is 1. The van der Waals surface area contributed by atoms with Crippen LogP contribution in [0.15, 0.2) is 54.6 Å². The fraction of sp³-hybridized carbons (Fsp3) is 0.375. The van der Waals surface area contributed by atoms with Gasteiger partial charge in [0.2, 0.25) is 0 Å². The second-order valence-electron chi connectivity index (χ2n) is 7.83. The first kappa shape index (κ1) is 19.7. The van der Waals surface area contributed by atoms with E-state index in [0.29, 0.717) is 6.61 Å². The molecule has 2 aliphatic rings. The molecule has 3 atom stereocenters. The van der Waals surface area contributed by atoms with Crippen LogP contribution in [-0.4, -0.2) is 36.9 Å². The van der Waals surface area contributed by atoms with Crippen molar-refractivity contribution in [1.82, 2.24) is 5.32 Å². The van der Waals surface area contributed by atoms with Crippen LogP contribution in [0.4, 0.5) is 0 Å². The third-order valence-electron chi connectivity index (χ3n) is 6.07. The van der Waals surface area contributed by atoms with Gasteiger partial charge in [-0.1, -0.05) is 36.4 Å². The molecule has 5 nitrogen and oxygen atoms in total. The SMILES string of the molecule is COc1ccc(C(C)C(=O)O)cc1C1=CC2(CCCNC2c2ccccc2)OC1. The minimum Gasteiger partial charge on any atom is -0.496 e. The van der Waals surface area contributed by atoms with Crippen LogP contribution in [-0.2, 0) is 9.53 Å². The maximum absolute atomic E-state index is 11.5. The lowest BCUT2D eigenvalue weighted by molar-refractivity contribution is -0.138. The highest BCUT2D eigenvalue weighted by molar-refractivity contribution is 5.79. The highest BCUT2D eigenvalue weighted by Crippen LogP contribution is 2.45. The molecule has 5 heteroatoms. The third-order valence-corrected chi connectivity index (χ3v) is 6.07. The molecular formula is C24H27NO4. The van der Waals surface area contributed by atoms with Crippen LogP contribution in [0.1, 0.15) is 48.4 Å². The average Bonchev–Trinajstić information content (AvgIpc) is 3.17. The molecule has 0 radical (unpaired) electrons. The fourth-order valence-electron chi connectivity index (χ4n) is 4.42. The predicted molar refractivity (Wildman–Crippen MR) is 112 cm³/mol. The molecule has 4 rings (SSSR count). The fourth-order valence-corrected chi connectivity index (χ4v) is 4.42. The first-order valence-corrected chi connectivity index (χ1v) is 10.1.